The van der Waals surface area contributed by atoms with Crippen LogP contribution in [0.4, 0.5) is 0 Å². The number of amides is 1. The highest BCUT2D eigenvalue weighted by Crippen LogP contribution is 2.31. The normalized spacial score (nSPS) is 11.0. The van der Waals surface area contributed by atoms with E-state index in [4.69, 9.17) is 14.2 Å². The van der Waals surface area contributed by atoms with Crippen LogP contribution in [0.25, 0.3) is 28.1 Å². The predicted molar refractivity (Wildman–Crippen MR) is 125 cm³/mol. The lowest BCUT2D eigenvalue weighted by atomic mass is 10.2. The van der Waals surface area contributed by atoms with Gasteiger partial charge in [0.15, 0.2) is 23.0 Å². The van der Waals surface area contributed by atoms with Gasteiger partial charge < -0.3 is 19.5 Å². The van der Waals surface area contributed by atoms with E-state index in [2.05, 4.69) is 29.4 Å². The highest BCUT2D eigenvalue weighted by Gasteiger charge is 2.14. The molecule has 0 radical (unpaired) electrons. The van der Waals surface area contributed by atoms with Crippen LogP contribution in [-0.4, -0.2) is 61.8 Å². The van der Waals surface area contributed by atoms with Crippen LogP contribution in [0.15, 0.2) is 48.5 Å². The minimum Gasteiger partial charge on any atom is -0.493 e. The maximum Gasteiger partial charge on any atom is 0.251 e. The number of carbonyl (C=O) groups is 1. The second-order valence-corrected chi connectivity index (χ2v) is 7.64. The number of methoxy groups -OCH3 is 2. The van der Waals surface area contributed by atoms with Crippen LogP contribution >= 0.6 is 11.7 Å². The first-order valence-corrected chi connectivity index (χ1v) is 11.0. The Hall–Kier alpha value is -4.32. The van der Waals surface area contributed by atoms with Gasteiger partial charge in [0.1, 0.15) is 17.6 Å². The summed E-state index contributed by atoms with van der Waals surface area (Å²) >= 11 is 1.12. The van der Waals surface area contributed by atoms with Crippen molar-refractivity contribution in [2.45, 2.75) is 0 Å². The van der Waals surface area contributed by atoms with Crippen LogP contribution in [-0.2, 0) is 0 Å². The molecule has 3 aromatic heterocycles. The number of rotatable bonds is 8. The van der Waals surface area contributed by atoms with Gasteiger partial charge in [-0.25, -0.2) is 0 Å². The molecule has 5 rings (SSSR count). The SMILES string of the molecule is COc1ccc(-c2nnc3ccc(OCCNC(=O)c4ccc5nsnc5c4)nn23)cc1OC. The molecule has 0 saturated carbocycles. The van der Waals surface area contributed by atoms with Crippen molar-refractivity contribution in [2.24, 2.45) is 0 Å². The predicted octanol–water partition coefficient (Wildman–Crippen LogP) is 2.62. The summed E-state index contributed by atoms with van der Waals surface area (Å²) in [6, 6.07) is 14.1. The van der Waals surface area contributed by atoms with Gasteiger partial charge in [-0.3, -0.25) is 4.79 Å². The van der Waals surface area contributed by atoms with E-state index in [9.17, 15) is 4.79 Å². The molecule has 172 valence electrons. The second-order valence-electron chi connectivity index (χ2n) is 7.11. The molecule has 0 atom stereocenters. The highest BCUT2D eigenvalue weighted by atomic mass is 32.1. The van der Waals surface area contributed by atoms with Gasteiger partial charge in [0, 0.05) is 17.2 Å². The summed E-state index contributed by atoms with van der Waals surface area (Å²) in [7, 11) is 3.15. The Labute approximate surface area is 197 Å². The molecule has 0 bridgehead atoms. The van der Waals surface area contributed by atoms with E-state index in [1.54, 1.807) is 61.2 Å². The van der Waals surface area contributed by atoms with E-state index in [-0.39, 0.29) is 12.5 Å². The zero-order valence-corrected chi connectivity index (χ0v) is 19.1. The van der Waals surface area contributed by atoms with Crippen molar-refractivity contribution in [1.82, 2.24) is 33.9 Å². The van der Waals surface area contributed by atoms with E-state index in [1.807, 2.05) is 6.07 Å². The number of aromatic nitrogens is 6. The molecule has 34 heavy (non-hydrogen) atoms. The summed E-state index contributed by atoms with van der Waals surface area (Å²) in [6.45, 7) is 0.537. The molecule has 5 aromatic rings. The zero-order valence-electron chi connectivity index (χ0n) is 18.3. The van der Waals surface area contributed by atoms with Crippen molar-refractivity contribution in [1.29, 1.82) is 0 Å². The molecule has 0 unspecified atom stereocenters. The third-order valence-electron chi connectivity index (χ3n) is 5.03. The fraction of sp³-hybridized carbons (Fsp3) is 0.182. The van der Waals surface area contributed by atoms with Gasteiger partial charge in [0.25, 0.3) is 5.91 Å². The van der Waals surface area contributed by atoms with Crippen molar-refractivity contribution in [3.05, 3.63) is 54.1 Å². The Kier molecular flexibility index (Phi) is 5.87. The van der Waals surface area contributed by atoms with Crippen molar-refractivity contribution >= 4 is 34.3 Å². The lowest BCUT2D eigenvalue weighted by molar-refractivity contribution is 0.0946. The van der Waals surface area contributed by atoms with Crippen molar-refractivity contribution in [2.75, 3.05) is 27.4 Å². The number of hydrogen-bond acceptors (Lipinski definition) is 10. The van der Waals surface area contributed by atoms with Crippen LogP contribution in [0.5, 0.6) is 17.4 Å². The van der Waals surface area contributed by atoms with Crippen molar-refractivity contribution in [3.63, 3.8) is 0 Å². The monoisotopic (exact) mass is 477 g/mol. The quantitative estimate of drug-likeness (QED) is 0.336. The molecule has 12 heteroatoms. The molecule has 11 nitrogen and oxygen atoms in total. The van der Waals surface area contributed by atoms with Crippen molar-refractivity contribution in [3.8, 4) is 28.8 Å². The number of ether oxygens (including phenoxy) is 3. The summed E-state index contributed by atoms with van der Waals surface area (Å²) in [4.78, 5) is 12.4. The average molecular weight is 478 g/mol. The van der Waals surface area contributed by atoms with Gasteiger partial charge in [-0.2, -0.15) is 13.3 Å². The average Bonchev–Trinajstić information content (AvgIpc) is 3.52. The Morgan fingerprint density at radius 3 is 2.68 bits per heavy atom. The molecular formula is C22H19N7O4S. The third-order valence-corrected chi connectivity index (χ3v) is 5.59. The van der Waals surface area contributed by atoms with Gasteiger partial charge in [-0.05, 0) is 42.5 Å². The van der Waals surface area contributed by atoms with Gasteiger partial charge in [-0.1, -0.05) is 0 Å². The van der Waals surface area contributed by atoms with Gasteiger partial charge in [0.05, 0.1) is 32.5 Å². The van der Waals surface area contributed by atoms with Crippen molar-refractivity contribution < 1.29 is 19.0 Å². The molecule has 1 N–H and O–H groups in total. The van der Waals surface area contributed by atoms with Crippen LogP contribution in [0.1, 0.15) is 10.4 Å². The summed E-state index contributed by atoms with van der Waals surface area (Å²) in [5.74, 6) is 1.88. The van der Waals surface area contributed by atoms with Gasteiger partial charge >= 0.3 is 0 Å². The molecule has 0 saturated heterocycles. The zero-order chi connectivity index (χ0) is 23.5. The number of carbonyl (C=O) groups excluding carboxylic acids is 1. The van der Waals surface area contributed by atoms with Crippen LogP contribution in [0, 0.1) is 0 Å². The molecule has 0 spiro atoms. The molecule has 0 aliphatic carbocycles. The van der Waals surface area contributed by atoms with E-state index in [0.717, 1.165) is 22.8 Å². The van der Waals surface area contributed by atoms with Crippen LogP contribution < -0.4 is 19.5 Å². The van der Waals surface area contributed by atoms with Crippen LogP contribution in [0.3, 0.4) is 0 Å². The summed E-state index contributed by atoms with van der Waals surface area (Å²) in [5.41, 5.74) is 3.31. The number of nitrogens with zero attached hydrogens (tertiary/aromatic N) is 6. The van der Waals surface area contributed by atoms with E-state index < -0.39 is 0 Å². The van der Waals surface area contributed by atoms with Gasteiger partial charge in [0.2, 0.25) is 5.88 Å². The Morgan fingerprint density at radius 2 is 1.82 bits per heavy atom. The fourth-order valence-corrected chi connectivity index (χ4v) is 3.87. The molecule has 0 aliphatic heterocycles. The fourth-order valence-electron chi connectivity index (χ4n) is 3.35. The van der Waals surface area contributed by atoms with Crippen LogP contribution in [0.2, 0.25) is 0 Å². The first-order valence-electron chi connectivity index (χ1n) is 10.2. The first-order chi connectivity index (χ1) is 16.7. The highest BCUT2D eigenvalue weighted by molar-refractivity contribution is 7.00. The lowest BCUT2D eigenvalue weighted by Gasteiger charge is -2.09. The molecule has 2 aromatic carbocycles. The standard InChI is InChI=1S/C22H19N7O4S/c1-31-17-6-4-13(12-18(17)32-2)21-25-24-19-7-8-20(26-29(19)21)33-10-9-23-22(30)14-3-5-15-16(11-14)28-34-27-15/h3-8,11-12H,9-10H2,1-2H3,(H,23,30). The Bertz CT molecular complexity index is 1480. The van der Waals surface area contributed by atoms with E-state index in [1.165, 1.54) is 0 Å². The van der Waals surface area contributed by atoms with E-state index in [0.29, 0.717) is 46.5 Å². The maximum absolute atomic E-state index is 12.4. The number of fused-ring (bicyclic) bond motifs is 2. The molecule has 3 heterocycles. The van der Waals surface area contributed by atoms with Gasteiger partial charge in [-0.15, -0.1) is 15.3 Å². The molecule has 1 amide bonds. The number of nitrogens with one attached hydrogen (secondary N) is 1. The molecule has 0 aliphatic rings. The number of hydrogen-bond donors (Lipinski definition) is 1. The largest absolute Gasteiger partial charge is 0.493 e. The Balaban J connectivity index is 1.25. The Morgan fingerprint density at radius 1 is 0.971 bits per heavy atom. The summed E-state index contributed by atoms with van der Waals surface area (Å²) in [5, 5.41) is 15.7. The molecule has 0 fully saturated rings. The maximum atomic E-state index is 12.4. The smallest absolute Gasteiger partial charge is 0.251 e. The lowest BCUT2D eigenvalue weighted by Crippen LogP contribution is -2.28. The van der Waals surface area contributed by atoms with E-state index >= 15 is 0 Å². The third kappa shape index (κ3) is 4.18. The second kappa shape index (κ2) is 9.27. The molecular weight excluding hydrogens is 458 g/mol. The first kappa shape index (κ1) is 21.5. The minimum absolute atomic E-state index is 0.212. The minimum atomic E-state index is -0.212. The topological polar surface area (TPSA) is 126 Å². The summed E-state index contributed by atoms with van der Waals surface area (Å²) in [6.07, 6.45) is 0. The number of benzene rings is 2. The summed E-state index contributed by atoms with van der Waals surface area (Å²) < 4.78 is 26.3.